The largest absolute Gasteiger partial charge is 0.493 e. The number of anilines is 1. The Morgan fingerprint density at radius 3 is 2.55 bits per heavy atom. The summed E-state index contributed by atoms with van der Waals surface area (Å²) < 4.78 is 52.9. The Bertz CT molecular complexity index is 2840. The highest BCUT2D eigenvalue weighted by Gasteiger charge is 2.34. The van der Waals surface area contributed by atoms with Crippen LogP contribution in [0.3, 0.4) is 0 Å². The Kier molecular flexibility index (Phi) is 13.1. The molecule has 2 amide bonds. The number of aromatic amines is 1. The van der Waals surface area contributed by atoms with Gasteiger partial charge in [-0.1, -0.05) is 43.2 Å². The summed E-state index contributed by atoms with van der Waals surface area (Å²) in [7, 11) is -4.70. The van der Waals surface area contributed by atoms with E-state index in [1.165, 1.54) is 33.9 Å². The highest BCUT2D eigenvalue weighted by Crippen LogP contribution is 2.44. The van der Waals surface area contributed by atoms with Gasteiger partial charge in [-0.2, -0.15) is 0 Å². The van der Waals surface area contributed by atoms with E-state index in [1.807, 2.05) is 18.2 Å². The number of allylic oxidation sites excluding steroid dienone is 1. The number of benzene rings is 3. The van der Waals surface area contributed by atoms with Crippen molar-refractivity contribution < 1.29 is 41.9 Å². The maximum absolute atomic E-state index is 14.1. The van der Waals surface area contributed by atoms with Gasteiger partial charge in [0.15, 0.2) is 0 Å². The van der Waals surface area contributed by atoms with Crippen molar-refractivity contribution in [2.75, 3.05) is 77.1 Å². The van der Waals surface area contributed by atoms with Gasteiger partial charge in [0.25, 0.3) is 21.6 Å². The molecule has 1 atom stereocenters. The van der Waals surface area contributed by atoms with E-state index in [-0.39, 0.29) is 47.7 Å². The molecular weight excluding hydrogens is 902 g/mol. The molecule has 5 heterocycles. The molecule has 5 aromatic rings. The number of ether oxygens (including phenoxy) is 4. The van der Waals surface area contributed by atoms with Crippen LogP contribution in [0, 0.1) is 21.4 Å². The minimum atomic E-state index is -4.70. The van der Waals surface area contributed by atoms with Crippen molar-refractivity contribution in [3.63, 3.8) is 0 Å². The van der Waals surface area contributed by atoms with Crippen LogP contribution in [0.4, 0.5) is 16.2 Å². The minimum Gasteiger partial charge on any atom is -0.493 e. The minimum absolute atomic E-state index is 0.0136. The number of carbonyl (C=O) groups excluding carboxylic acids is 2. The lowest BCUT2D eigenvalue weighted by Gasteiger charge is -2.39. The third-order valence-electron chi connectivity index (χ3n) is 12.9. The van der Waals surface area contributed by atoms with Crippen LogP contribution in [0.5, 0.6) is 17.2 Å². The van der Waals surface area contributed by atoms with Gasteiger partial charge in [-0.25, -0.2) is 22.9 Å². The van der Waals surface area contributed by atoms with E-state index in [0.29, 0.717) is 50.8 Å². The van der Waals surface area contributed by atoms with Crippen LogP contribution < -0.4 is 19.1 Å². The average Bonchev–Trinajstić information content (AvgIpc) is 3.79. The molecule has 19 heteroatoms. The van der Waals surface area contributed by atoms with Crippen molar-refractivity contribution >= 4 is 61.6 Å². The van der Waals surface area contributed by atoms with Gasteiger partial charge < -0.3 is 33.7 Å². The molecule has 0 spiro atoms. The van der Waals surface area contributed by atoms with E-state index >= 15 is 0 Å². The van der Waals surface area contributed by atoms with Crippen LogP contribution in [0.2, 0.25) is 5.02 Å². The third-order valence-corrected chi connectivity index (χ3v) is 14.5. The number of nitrogens with one attached hydrogen (secondary N) is 2. The molecule has 9 rings (SSSR count). The Labute approximate surface area is 393 Å². The molecule has 0 bridgehead atoms. The smallest absolute Gasteiger partial charge is 0.409 e. The highest BCUT2D eigenvalue weighted by molar-refractivity contribution is 7.90. The maximum atomic E-state index is 14.1. The van der Waals surface area contributed by atoms with Gasteiger partial charge >= 0.3 is 6.09 Å². The van der Waals surface area contributed by atoms with Crippen LogP contribution in [0.1, 0.15) is 54.6 Å². The Morgan fingerprint density at radius 1 is 1.01 bits per heavy atom. The molecule has 0 unspecified atom stereocenters. The lowest BCUT2D eigenvalue weighted by molar-refractivity contribution is -0.386. The van der Waals surface area contributed by atoms with Crippen molar-refractivity contribution in [3.05, 3.63) is 117 Å². The summed E-state index contributed by atoms with van der Waals surface area (Å²) in [5, 5.41) is 13.8. The van der Waals surface area contributed by atoms with E-state index in [2.05, 4.69) is 50.5 Å². The maximum Gasteiger partial charge on any atom is 0.409 e. The van der Waals surface area contributed by atoms with Crippen LogP contribution in [-0.2, 0) is 25.9 Å². The van der Waals surface area contributed by atoms with Crippen LogP contribution in [0.25, 0.3) is 16.6 Å². The van der Waals surface area contributed by atoms with Gasteiger partial charge in [-0.05, 0) is 78.6 Å². The van der Waals surface area contributed by atoms with Crippen LogP contribution >= 0.6 is 11.6 Å². The molecule has 17 nitrogen and oxygen atoms in total. The quantitative estimate of drug-likeness (QED) is 0.0907. The number of nitro benzene ring substituents is 1. The molecule has 0 radical (unpaired) electrons. The number of carbonyl (C=O) groups is 2. The van der Waals surface area contributed by atoms with Gasteiger partial charge in [0.1, 0.15) is 22.9 Å². The van der Waals surface area contributed by atoms with Crippen molar-refractivity contribution in [2.45, 2.75) is 44.4 Å². The second kappa shape index (κ2) is 19.2. The van der Waals surface area contributed by atoms with E-state index in [4.69, 9.17) is 30.5 Å². The predicted octanol–water partition coefficient (Wildman–Crippen LogP) is 7.84. The number of fused-ring (bicyclic) bond motifs is 2. The molecule has 4 aliphatic rings. The van der Waals surface area contributed by atoms with Crippen LogP contribution in [-0.4, -0.2) is 117 Å². The number of H-pyrrole nitrogens is 1. The van der Waals surface area contributed by atoms with Crippen LogP contribution in [0.15, 0.2) is 89.6 Å². The highest BCUT2D eigenvalue weighted by atomic mass is 35.5. The number of amides is 2. The lowest BCUT2D eigenvalue weighted by Crippen LogP contribution is -2.47. The monoisotopic (exact) mass is 953 g/mol. The molecular formula is C48H52ClN7O10S. The van der Waals surface area contributed by atoms with Gasteiger partial charge in [0.05, 0.1) is 53.6 Å². The fourth-order valence-electron chi connectivity index (χ4n) is 9.16. The molecule has 3 aliphatic heterocycles. The number of aromatic nitrogens is 2. The molecule has 2 fully saturated rings. The number of piperazine rings is 1. The Hall–Kier alpha value is -6.21. The first-order valence-electron chi connectivity index (χ1n) is 22.4. The number of sulfonamides is 1. The number of hydrogen-bond acceptors (Lipinski definition) is 13. The Morgan fingerprint density at radius 2 is 1.79 bits per heavy atom. The van der Waals surface area contributed by atoms with E-state index < -0.39 is 43.4 Å². The summed E-state index contributed by atoms with van der Waals surface area (Å²) in [5.41, 5.74) is 5.27. The second-order valence-electron chi connectivity index (χ2n) is 18.2. The normalized spacial score (nSPS) is 18.8. The van der Waals surface area contributed by atoms with Crippen molar-refractivity contribution in [1.82, 2.24) is 24.5 Å². The lowest BCUT2D eigenvalue weighted by atomic mass is 9.72. The molecule has 2 saturated heterocycles. The number of halogens is 1. The van der Waals surface area contributed by atoms with E-state index in [1.54, 1.807) is 24.4 Å². The zero-order chi connectivity index (χ0) is 46.9. The number of rotatable bonds is 12. The summed E-state index contributed by atoms with van der Waals surface area (Å²) in [6.45, 7) is 10.1. The summed E-state index contributed by atoms with van der Waals surface area (Å²) in [6.07, 6.45) is 5.99. The molecule has 2 N–H and O–H groups in total. The molecule has 1 aliphatic carbocycles. The number of nitro groups is 1. The fourth-order valence-corrected chi connectivity index (χ4v) is 10.3. The second-order valence-corrected chi connectivity index (χ2v) is 20.3. The van der Waals surface area contributed by atoms with Crippen molar-refractivity contribution in [2.24, 2.45) is 11.3 Å². The SMILES string of the molecule is CC1(C)CCC(CN2CCN(c3ccc(C(=O)NS(=O)(=O)c4cc5c(c([N+](=O)[O-])c4)C[C@@H](COC(=O)N4CCOCC4)CO5)c(Oc4cnc5[nH]ccc5c4)c3)CC2)=C(c2ccc(Cl)cc2)C1. The number of nitrogens with zero attached hydrogens (tertiary/aromatic N) is 5. The molecule has 0 saturated carbocycles. The molecule has 2 aromatic heterocycles. The van der Waals surface area contributed by atoms with Gasteiger partial charge in [0.2, 0.25) is 0 Å². The molecule has 3 aromatic carbocycles. The van der Waals surface area contributed by atoms with E-state index in [0.717, 1.165) is 67.1 Å². The first-order chi connectivity index (χ1) is 32.2. The van der Waals surface area contributed by atoms with Gasteiger partial charge in [-0.15, -0.1) is 0 Å². The number of morpholine rings is 1. The standard InChI is InChI=1S/C48H52ClN7O10S/c1-48(2)11-9-34(41(26-48)32-3-5-35(49)6-4-32)28-53-13-15-54(16-14-53)36-7-8-39(44(23-36)66-37-22-33-10-12-50-45(33)51-27-37)46(57)52-67(61,62)38-24-42(56(59)60)40-21-31(29-64-43(40)25-38)30-65-47(58)55-17-19-63-20-18-55/h3-8,10,12,22-25,27,31H,9,11,13-21,26,28-30H2,1-2H3,(H,50,51)(H,52,57)/t31-/m1/s1. The predicted molar refractivity (Wildman–Crippen MR) is 251 cm³/mol. The number of hydrogen-bond donors (Lipinski definition) is 2. The fraction of sp³-hybridized carbons (Fsp3) is 0.396. The van der Waals surface area contributed by atoms with Gasteiger partial charge in [0, 0.05) is 92.2 Å². The molecule has 352 valence electrons. The topological polar surface area (TPSA) is 199 Å². The number of pyridine rings is 1. The summed E-state index contributed by atoms with van der Waals surface area (Å²) >= 11 is 6.25. The van der Waals surface area contributed by atoms with E-state index in [9.17, 15) is 28.1 Å². The first kappa shape index (κ1) is 45.9. The van der Waals surface area contributed by atoms with Gasteiger partial charge in [-0.3, -0.25) is 19.8 Å². The zero-order valence-electron chi connectivity index (χ0n) is 37.3. The van der Waals surface area contributed by atoms with Crippen molar-refractivity contribution in [3.8, 4) is 17.2 Å². The summed E-state index contributed by atoms with van der Waals surface area (Å²) in [6, 6.07) is 18.8. The Balaban J connectivity index is 0.919. The third kappa shape index (κ3) is 10.5. The summed E-state index contributed by atoms with van der Waals surface area (Å²) in [5.74, 6) is -1.03. The first-order valence-corrected chi connectivity index (χ1v) is 24.2. The van der Waals surface area contributed by atoms with Crippen molar-refractivity contribution in [1.29, 1.82) is 0 Å². The zero-order valence-corrected chi connectivity index (χ0v) is 38.9. The summed E-state index contributed by atoms with van der Waals surface area (Å²) in [4.78, 5) is 51.4. The molecule has 67 heavy (non-hydrogen) atoms. The average molecular weight is 955 g/mol.